The standard InChI is InChI=1S/C14H17ClN2O/c15-12-6-3-11(4-7-12)5-8-14(18)17-9-1-2-13(17)10-16/h3-8,13H,1-2,9-10,16H2/b8-5+. The van der Waals surface area contributed by atoms with Crippen LogP contribution in [0.5, 0.6) is 0 Å². The van der Waals surface area contributed by atoms with E-state index >= 15 is 0 Å². The number of amides is 1. The van der Waals surface area contributed by atoms with Crippen molar-refractivity contribution in [2.75, 3.05) is 13.1 Å². The van der Waals surface area contributed by atoms with E-state index in [2.05, 4.69) is 0 Å². The molecule has 0 aromatic heterocycles. The van der Waals surface area contributed by atoms with Crippen molar-refractivity contribution in [2.24, 2.45) is 5.73 Å². The van der Waals surface area contributed by atoms with Gasteiger partial charge < -0.3 is 10.6 Å². The Morgan fingerprint density at radius 2 is 2.17 bits per heavy atom. The quantitative estimate of drug-likeness (QED) is 0.852. The molecular weight excluding hydrogens is 248 g/mol. The van der Waals surface area contributed by atoms with Crippen molar-refractivity contribution in [3.05, 3.63) is 40.9 Å². The van der Waals surface area contributed by atoms with E-state index in [4.69, 9.17) is 17.3 Å². The minimum Gasteiger partial charge on any atom is -0.335 e. The zero-order valence-electron chi connectivity index (χ0n) is 10.2. The zero-order valence-corrected chi connectivity index (χ0v) is 10.9. The van der Waals surface area contributed by atoms with Crippen LogP contribution in [-0.2, 0) is 4.79 Å². The predicted molar refractivity (Wildman–Crippen MR) is 74.3 cm³/mol. The molecule has 1 heterocycles. The second-order valence-electron chi connectivity index (χ2n) is 4.45. The summed E-state index contributed by atoms with van der Waals surface area (Å²) in [7, 11) is 0. The van der Waals surface area contributed by atoms with Crippen LogP contribution in [0.15, 0.2) is 30.3 Å². The van der Waals surface area contributed by atoms with Gasteiger partial charge >= 0.3 is 0 Å². The van der Waals surface area contributed by atoms with E-state index in [9.17, 15) is 4.79 Å². The van der Waals surface area contributed by atoms with Crippen LogP contribution in [0.2, 0.25) is 5.02 Å². The molecule has 1 saturated heterocycles. The molecule has 3 nitrogen and oxygen atoms in total. The molecule has 1 aliphatic rings. The summed E-state index contributed by atoms with van der Waals surface area (Å²) in [5.74, 6) is 0.0397. The van der Waals surface area contributed by atoms with Gasteiger partial charge in [0.15, 0.2) is 0 Å². The number of halogens is 1. The van der Waals surface area contributed by atoms with Crippen LogP contribution in [0.25, 0.3) is 6.08 Å². The Balaban J connectivity index is 2.00. The van der Waals surface area contributed by atoms with Crippen molar-refractivity contribution in [3.63, 3.8) is 0 Å². The highest BCUT2D eigenvalue weighted by molar-refractivity contribution is 6.30. The molecule has 0 bridgehead atoms. The minimum atomic E-state index is 0.0397. The Morgan fingerprint density at radius 1 is 1.44 bits per heavy atom. The third-order valence-corrected chi connectivity index (χ3v) is 3.47. The highest BCUT2D eigenvalue weighted by atomic mass is 35.5. The molecule has 1 amide bonds. The SMILES string of the molecule is NCC1CCCN1C(=O)/C=C/c1ccc(Cl)cc1. The molecule has 0 aliphatic carbocycles. The van der Waals surface area contributed by atoms with Gasteiger partial charge in [0.25, 0.3) is 0 Å². The maximum absolute atomic E-state index is 12.0. The molecule has 1 unspecified atom stereocenters. The molecule has 18 heavy (non-hydrogen) atoms. The highest BCUT2D eigenvalue weighted by Gasteiger charge is 2.25. The van der Waals surface area contributed by atoms with Gasteiger partial charge in [0.2, 0.25) is 5.91 Å². The first-order valence-corrected chi connectivity index (χ1v) is 6.53. The van der Waals surface area contributed by atoms with Gasteiger partial charge in [-0.2, -0.15) is 0 Å². The Bertz CT molecular complexity index is 442. The largest absolute Gasteiger partial charge is 0.335 e. The first kappa shape index (κ1) is 13.1. The van der Waals surface area contributed by atoms with E-state index in [0.29, 0.717) is 11.6 Å². The van der Waals surface area contributed by atoms with Gasteiger partial charge in [0.1, 0.15) is 0 Å². The van der Waals surface area contributed by atoms with E-state index in [1.54, 1.807) is 6.08 Å². The number of hydrogen-bond donors (Lipinski definition) is 1. The average Bonchev–Trinajstić information content (AvgIpc) is 2.86. The Kier molecular flexibility index (Phi) is 4.39. The lowest BCUT2D eigenvalue weighted by molar-refractivity contribution is -0.126. The van der Waals surface area contributed by atoms with Crippen LogP contribution in [0, 0.1) is 0 Å². The summed E-state index contributed by atoms with van der Waals surface area (Å²) in [5, 5.41) is 0.696. The van der Waals surface area contributed by atoms with Crippen molar-refractivity contribution in [1.82, 2.24) is 4.90 Å². The summed E-state index contributed by atoms with van der Waals surface area (Å²) < 4.78 is 0. The van der Waals surface area contributed by atoms with E-state index in [1.165, 1.54) is 0 Å². The molecule has 1 aromatic carbocycles. The molecule has 0 saturated carbocycles. The first-order valence-electron chi connectivity index (χ1n) is 6.15. The van der Waals surface area contributed by atoms with Crippen molar-refractivity contribution < 1.29 is 4.79 Å². The van der Waals surface area contributed by atoms with Crippen LogP contribution in [0.4, 0.5) is 0 Å². The molecule has 0 radical (unpaired) electrons. The van der Waals surface area contributed by atoms with Crippen molar-refractivity contribution in [3.8, 4) is 0 Å². The van der Waals surface area contributed by atoms with Gasteiger partial charge in [-0.25, -0.2) is 0 Å². The summed E-state index contributed by atoms with van der Waals surface area (Å²) in [5.41, 5.74) is 6.62. The number of carbonyl (C=O) groups is 1. The Labute approximate surface area is 112 Å². The lowest BCUT2D eigenvalue weighted by atomic mass is 10.2. The summed E-state index contributed by atoms with van der Waals surface area (Å²) in [6.45, 7) is 1.35. The second kappa shape index (κ2) is 6.03. The zero-order chi connectivity index (χ0) is 13.0. The van der Waals surface area contributed by atoms with Crippen LogP contribution in [0.3, 0.4) is 0 Å². The number of hydrogen-bond acceptors (Lipinski definition) is 2. The third-order valence-electron chi connectivity index (χ3n) is 3.22. The van der Waals surface area contributed by atoms with Crippen LogP contribution in [0.1, 0.15) is 18.4 Å². The molecule has 4 heteroatoms. The van der Waals surface area contributed by atoms with Crippen LogP contribution < -0.4 is 5.73 Å². The average molecular weight is 265 g/mol. The number of nitrogens with zero attached hydrogens (tertiary/aromatic N) is 1. The van der Waals surface area contributed by atoms with Gasteiger partial charge in [-0.15, -0.1) is 0 Å². The highest BCUT2D eigenvalue weighted by Crippen LogP contribution is 2.17. The number of carbonyl (C=O) groups excluding carboxylic acids is 1. The molecule has 1 atom stereocenters. The fourth-order valence-electron chi connectivity index (χ4n) is 2.21. The van der Waals surface area contributed by atoms with Crippen molar-refractivity contribution >= 4 is 23.6 Å². The van der Waals surface area contributed by atoms with Crippen LogP contribution in [-0.4, -0.2) is 29.9 Å². The fraction of sp³-hybridized carbons (Fsp3) is 0.357. The van der Waals surface area contributed by atoms with Gasteiger partial charge in [-0.3, -0.25) is 4.79 Å². The van der Waals surface area contributed by atoms with Crippen molar-refractivity contribution in [1.29, 1.82) is 0 Å². The maximum atomic E-state index is 12.0. The first-order chi connectivity index (χ1) is 8.70. The smallest absolute Gasteiger partial charge is 0.246 e. The molecule has 1 fully saturated rings. The molecule has 96 valence electrons. The van der Waals surface area contributed by atoms with Gasteiger partial charge in [-0.05, 0) is 36.6 Å². The third kappa shape index (κ3) is 3.12. The summed E-state index contributed by atoms with van der Waals surface area (Å²) in [6.07, 6.45) is 5.47. The van der Waals surface area contributed by atoms with E-state index in [-0.39, 0.29) is 11.9 Å². The predicted octanol–water partition coefficient (Wildman–Crippen LogP) is 2.30. The normalized spacial score (nSPS) is 19.7. The van der Waals surface area contributed by atoms with Crippen molar-refractivity contribution in [2.45, 2.75) is 18.9 Å². The van der Waals surface area contributed by atoms with Gasteiger partial charge in [-0.1, -0.05) is 23.7 Å². The monoisotopic (exact) mass is 264 g/mol. The molecule has 2 rings (SSSR count). The van der Waals surface area contributed by atoms with E-state index in [1.807, 2.05) is 35.2 Å². The molecule has 1 aromatic rings. The van der Waals surface area contributed by atoms with E-state index in [0.717, 1.165) is 24.9 Å². The topological polar surface area (TPSA) is 46.3 Å². The summed E-state index contributed by atoms with van der Waals surface area (Å²) in [6, 6.07) is 7.59. The second-order valence-corrected chi connectivity index (χ2v) is 4.88. The lowest BCUT2D eigenvalue weighted by Gasteiger charge is -2.21. The van der Waals surface area contributed by atoms with Gasteiger partial charge in [0, 0.05) is 30.2 Å². The number of likely N-dealkylation sites (tertiary alicyclic amines) is 1. The van der Waals surface area contributed by atoms with Crippen LogP contribution >= 0.6 is 11.6 Å². The summed E-state index contributed by atoms with van der Waals surface area (Å²) >= 11 is 5.80. The molecule has 2 N–H and O–H groups in total. The number of rotatable bonds is 3. The molecule has 1 aliphatic heterocycles. The molecule has 0 spiro atoms. The molecular formula is C14H17ClN2O. The Hall–Kier alpha value is -1.32. The lowest BCUT2D eigenvalue weighted by Crippen LogP contribution is -2.38. The maximum Gasteiger partial charge on any atom is 0.246 e. The number of nitrogens with two attached hydrogens (primary N) is 1. The Morgan fingerprint density at radius 3 is 2.83 bits per heavy atom. The van der Waals surface area contributed by atoms with E-state index < -0.39 is 0 Å². The minimum absolute atomic E-state index is 0.0397. The summed E-state index contributed by atoms with van der Waals surface area (Å²) in [4.78, 5) is 13.9. The fourth-order valence-corrected chi connectivity index (χ4v) is 2.33. The van der Waals surface area contributed by atoms with Gasteiger partial charge in [0.05, 0.1) is 0 Å². The number of benzene rings is 1.